The van der Waals surface area contributed by atoms with Crippen molar-refractivity contribution >= 4 is 0 Å². The van der Waals surface area contributed by atoms with Crippen LogP contribution < -0.4 is 43.7 Å². The van der Waals surface area contributed by atoms with Crippen LogP contribution in [-0.2, 0) is 0 Å². The zero-order valence-electron chi connectivity index (χ0n) is 4.13. The average molecular weight is 82.0 g/mol. The molecule has 0 unspecified atom stereocenters. The molecule has 0 saturated heterocycles. The Kier molecular flexibility index (Phi) is 1300. The maximum absolute atomic E-state index is 0. The molecule has 0 rings (SSSR count). The third kappa shape index (κ3) is 14.3. The van der Waals surface area contributed by atoms with Crippen LogP contribution in [0.2, 0.25) is 0 Å². The van der Waals surface area contributed by atoms with E-state index in [1.165, 1.54) is 0 Å². The van der Waals surface area contributed by atoms with Crippen molar-refractivity contribution in [1.82, 2.24) is 0 Å². The van der Waals surface area contributed by atoms with E-state index in [1.54, 1.807) is 0 Å². The van der Waals surface area contributed by atoms with Gasteiger partial charge in [-0.1, -0.05) is 0 Å². The minimum absolute atomic E-state index is 0. The van der Waals surface area contributed by atoms with Crippen molar-refractivity contribution in [3.63, 3.8) is 0 Å². The molecule has 0 atom stereocenters. The Balaban J connectivity index is 0. The standard InChI is InChI=1S/3FH.Na/h3*1H;/q;;;+1/p-1. The molecule has 24 valence electrons. The summed E-state index contributed by atoms with van der Waals surface area (Å²) in [6.45, 7) is 0. The van der Waals surface area contributed by atoms with E-state index in [0.717, 1.165) is 0 Å². The molecular formula is H2F3Na. The Morgan fingerprint density at radius 2 is 0.750 bits per heavy atom. The molecule has 0 saturated carbocycles. The Bertz CT molecular complexity index is 8.75. The average Bonchev–Trinajstić information content (AvgIpc) is 0. The maximum atomic E-state index is 0. The van der Waals surface area contributed by atoms with E-state index < -0.39 is 0 Å². The summed E-state index contributed by atoms with van der Waals surface area (Å²) in [5.41, 5.74) is 0. The van der Waals surface area contributed by atoms with Gasteiger partial charge in [-0.05, 0) is 0 Å². The van der Waals surface area contributed by atoms with Crippen molar-refractivity contribution in [2.24, 2.45) is 0 Å². The van der Waals surface area contributed by atoms with Gasteiger partial charge in [-0.25, -0.2) is 0 Å². The maximum Gasteiger partial charge on any atom is 1.00 e. The SMILES string of the molecule is [F-].[F-].[F-].[H+].[H+].[Na+]. The Morgan fingerprint density at radius 3 is 0.750 bits per heavy atom. The molecule has 0 bridgehead atoms. The quantitative estimate of drug-likeness (QED) is 0.254. The zero-order chi connectivity index (χ0) is 0. The van der Waals surface area contributed by atoms with E-state index in [4.69, 9.17) is 0 Å². The molecule has 0 aliphatic heterocycles. The first-order chi connectivity index (χ1) is 0. The fourth-order valence-corrected chi connectivity index (χ4v) is 0. The second kappa shape index (κ2) is 47.3. The summed E-state index contributed by atoms with van der Waals surface area (Å²) in [4.78, 5) is 0. The van der Waals surface area contributed by atoms with Crippen LogP contribution in [0.1, 0.15) is 2.85 Å². The minimum atomic E-state index is 0. The summed E-state index contributed by atoms with van der Waals surface area (Å²) in [5, 5.41) is 0. The summed E-state index contributed by atoms with van der Waals surface area (Å²) < 4.78 is 0. The Labute approximate surface area is 46.9 Å². The van der Waals surface area contributed by atoms with Crippen LogP contribution in [0.5, 0.6) is 0 Å². The molecule has 0 aliphatic rings. The largest absolute Gasteiger partial charge is 1.00 e. The summed E-state index contributed by atoms with van der Waals surface area (Å²) in [7, 11) is 0. The molecule has 0 radical (unpaired) electrons. The van der Waals surface area contributed by atoms with Gasteiger partial charge in [0.05, 0.1) is 0 Å². The molecule has 0 spiro atoms. The van der Waals surface area contributed by atoms with E-state index in [0.29, 0.717) is 0 Å². The molecule has 0 aliphatic carbocycles. The van der Waals surface area contributed by atoms with Gasteiger partial charge in [-0.3, -0.25) is 0 Å². The predicted molar refractivity (Wildman–Crippen MR) is 2.22 cm³/mol. The summed E-state index contributed by atoms with van der Waals surface area (Å²) >= 11 is 0. The van der Waals surface area contributed by atoms with Gasteiger partial charge in [0.15, 0.2) is 0 Å². The molecule has 4 heteroatoms. The first-order valence-electron chi connectivity index (χ1n) is 0. The monoisotopic (exact) mass is 82.0 g/mol. The molecule has 0 aromatic heterocycles. The van der Waals surface area contributed by atoms with Crippen LogP contribution in [0, 0.1) is 0 Å². The molecule has 0 N–H and O–H groups in total. The molecule has 0 aromatic rings. The summed E-state index contributed by atoms with van der Waals surface area (Å²) in [6.07, 6.45) is 0. The summed E-state index contributed by atoms with van der Waals surface area (Å²) in [5.74, 6) is 0. The van der Waals surface area contributed by atoms with Crippen LogP contribution in [0.25, 0.3) is 0 Å². The topological polar surface area (TPSA) is 0 Å². The van der Waals surface area contributed by atoms with Crippen molar-refractivity contribution in [3.8, 4) is 0 Å². The second-order valence-corrected chi connectivity index (χ2v) is 0. The van der Waals surface area contributed by atoms with E-state index >= 15 is 0 Å². The van der Waals surface area contributed by atoms with Crippen molar-refractivity contribution in [2.75, 3.05) is 0 Å². The van der Waals surface area contributed by atoms with Gasteiger partial charge < -0.3 is 14.1 Å². The fraction of sp³-hybridized carbons (Fsp3) is 0. The zero-order valence-corrected chi connectivity index (χ0v) is 4.13. The van der Waals surface area contributed by atoms with Gasteiger partial charge in [0.25, 0.3) is 0 Å². The van der Waals surface area contributed by atoms with Crippen molar-refractivity contribution in [1.29, 1.82) is 0 Å². The van der Waals surface area contributed by atoms with Crippen molar-refractivity contribution < 1.29 is 46.5 Å². The van der Waals surface area contributed by atoms with Gasteiger partial charge in [-0.2, -0.15) is 0 Å². The van der Waals surface area contributed by atoms with Gasteiger partial charge in [-0.15, -0.1) is 0 Å². The number of rotatable bonds is 0. The Morgan fingerprint density at radius 1 is 0.750 bits per heavy atom. The molecule has 0 heterocycles. The smallest absolute Gasteiger partial charge is 1.00 e. The van der Waals surface area contributed by atoms with Gasteiger partial charge in [0.1, 0.15) is 0 Å². The molecule has 0 amide bonds. The van der Waals surface area contributed by atoms with Crippen LogP contribution in [0.15, 0.2) is 0 Å². The van der Waals surface area contributed by atoms with Crippen LogP contribution in [-0.4, -0.2) is 0 Å². The van der Waals surface area contributed by atoms with Gasteiger partial charge >= 0.3 is 32.4 Å². The molecule has 0 nitrogen and oxygen atoms in total. The van der Waals surface area contributed by atoms with Crippen LogP contribution in [0.3, 0.4) is 0 Å². The van der Waals surface area contributed by atoms with Crippen molar-refractivity contribution in [2.45, 2.75) is 0 Å². The molecular weight excluding hydrogens is 80.0 g/mol. The van der Waals surface area contributed by atoms with E-state index in [9.17, 15) is 0 Å². The summed E-state index contributed by atoms with van der Waals surface area (Å²) in [6, 6.07) is 0. The number of hydrogen-bond acceptors (Lipinski definition) is 0. The number of halogens is 3. The minimum Gasteiger partial charge on any atom is -1.00 e. The first kappa shape index (κ1) is 110. The molecule has 0 fully saturated rings. The van der Waals surface area contributed by atoms with E-state index in [1.807, 2.05) is 0 Å². The fourth-order valence-electron chi connectivity index (χ4n) is 0. The Hall–Kier alpha value is 0.790. The molecule has 4 heavy (non-hydrogen) atoms. The number of hydrogen-bond donors (Lipinski definition) is 0. The second-order valence-electron chi connectivity index (χ2n) is 0. The first-order valence-corrected chi connectivity index (χ1v) is 0. The van der Waals surface area contributed by atoms with Crippen LogP contribution >= 0.6 is 0 Å². The van der Waals surface area contributed by atoms with Gasteiger partial charge in [0.2, 0.25) is 0 Å². The molecule has 0 aromatic carbocycles. The van der Waals surface area contributed by atoms with Crippen molar-refractivity contribution in [3.05, 3.63) is 0 Å². The van der Waals surface area contributed by atoms with E-state index in [2.05, 4.69) is 0 Å². The third-order valence-electron chi connectivity index (χ3n) is 0. The van der Waals surface area contributed by atoms with Crippen LogP contribution in [0.4, 0.5) is 0 Å². The third-order valence-corrected chi connectivity index (χ3v) is 0. The normalized spacial score (nSPS) is 0. The van der Waals surface area contributed by atoms with E-state index in [-0.39, 0.29) is 46.5 Å². The predicted octanol–water partition coefficient (Wildman–Crippen LogP) is -11.8. The van der Waals surface area contributed by atoms with Gasteiger partial charge in [0, 0.05) is 0 Å².